The van der Waals surface area contributed by atoms with Gasteiger partial charge in [-0.3, -0.25) is 9.78 Å². The first-order chi connectivity index (χ1) is 13.0. The molecule has 0 aliphatic carbocycles. The monoisotopic (exact) mass is 385 g/mol. The Morgan fingerprint density at radius 1 is 0.926 bits per heavy atom. The Hall–Kier alpha value is -2.25. The van der Waals surface area contributed by atoms with Crippen LogP contribution in [0.15, 0.2) is 59.6 Å². The van der Waals surface area contributed by atoms with Crippen molar-refractivity contribution in [2.75, 3.05) is 19.6 Å². The number of benzene rings is 1. The Kier molecular flexibility index (Phi) is 4.74. The number of hydrogen-bond acceptors (Lipinski definition) is 4. The zero-order valence-corrected chi connectivity index (χ0v) is 15.9. The number of aromatic nitrogens is 1. The van der Waals surface area contributed by atoms with Gasteiger partial charge in [0.1, 0.15) is 5.69 Å². The molecule has 0 N–H and O–H groups in total. The lowest BCUT2D eigenvalue weighted by Gasteiger charge is -2.44. The van der Waals surface area contributed by atoms with Gasteiger partial charge in [0.15, 0.2) is 0 Å². The first-order valence-electron chi connectivity index (χ1n) is 9.31. The number of rotatable bonds is 3. The molecule has 0 saturated carbocycles. The highest BCUT2D eigenvalue weighted by atomic mass is 32.2. The number of likely N-dealkylation sites (tertiary alicyclic amines) is 1. The maximum Gasteiger partial charge on any atom is 0.272 e. The molecule has 2 fully saturated rings. The molecule has 27 heavy (non-hydrogen) atoms. The van der Waals surface area contributed by atoms with Crippen LogP contribution in [0.2, 0.25) is 0 Å². The summed E-state index contributed by atoms with van der Waals surface area (Å²) in [5.41, 5.74) is 0.0592. The van der Waals surface area contributed by atoms with Crippen LogP contribution in [0.4, 0.5) is 0 Å². The van der Waals surface area contributed by atoms with Crippen LogP contribution in [0, 0.1) is 0 Å². The quantitative estimate of drug-likeness (QED) is 0.814. The average molecular weight is 385 g/mol. The van der Waals surface area contributed by atoms with Gasteiger partial charge in [0.05, 0.1) is 4.90 Å². The number of carbonyl (C=O) groups is 1. The minimum atomic E-state index is -3.52. The zero-order chi connectivity index (χ0) is 18.9. The number of nitrogens with zero attached hydrogens (tertiary/aromatic N) is 3. The number of sulfonamides is 1. The molecule has 2 aliphatic rings. The highest BCUT2D eigenvalue weighted by Crippen LogP contribution is 2.42. The molecule has 1 aromatic carbocycles. The number of carbonyl (C=O) groups excluding carboxylic acids is 1. The summed E-state index contributed by atoms with van der Waals surface area (Å²) in [6, 6.07) is 13.9. The predicted molar refractivity (Wildman–Crippen MR) is 102 cm³/mol. The molecule has 142 valence electrons. The molecular formula is C20H23N3O3S. The van der Waals surface area contributed by atoms with E-state index in [0.717, 1.165) is 12.8 Å². The molecule has 2 aromatic rings. The highest BCUT2D eigenvalue weighted by Gasteiger charge is 2.49. The van der Waals surface area contributed by atoms with Gasteiger partial charge in [0.25, 0.3) is 5.91 Å². The van der Waals surface area contributed by atoms with Crippen molar-refractivity contribution in [3.8, 4) is 0 Å². The average Bonchev–Trinajstić information content (AvgIpc) is 3.13. The summed E-state index contributed by atoms with van der Waals surface area (Å²) >= 11 is 0. The minimum Gasteiger partial charge on any atom is -0.337 e. The number of pyridine rings is 1. The van der Waals surface area contributed by atoms with E-state index in [4.69, 9.17) is 0 Å². The number of hydrogen-bond donors (Lipinski definition) is 0. The smallest absolute Gasteiger partial charge is 0.272 e. The van der Waals surface area contributed by atoms with Gasteiger partial charge < -0.3 is 4.90 Å². The molecule has 2 saturated heterocycles. The molecule has 0 radical (unpaired) electrons. The Labute approximate surface area is 159 Å². The van der Waals surface area contributed by atoms with Crippen LogP contribution in [0.3, 0.4) is 0 Å². The molecule has 1 spiro atoms. The molecule has 6 nitrogen and oxygen atoms in total. The summed E-state index contributed by atoms with van der Waals surface area (Å²) < 4.78 is 28.1. The Balaban J connectivity index is 1.52. The van der Waals surface area contributed by atoms with Crippen LogP contribution in [0.5, 0.6) is 0 Å². The van der Waals surface area contributed by atoms with E-state index in [9.17, 15) is 13.2 Å². The first-order valence-corrected chi connectivity index (χ1v) is 10.8. The Morgan fingerprint density at radius 2 is 1.63 bits per heavy atom. The minimum absolute atomic E-state index is 0.0825. The fraction of sp³-hybridized carbons (Fsp3) is 0.400. The summed E-state index contributed by atoms with van der Waals surface area (Å²) in [6.45, 7) is 1.65. The number of piperidine rings is 1. The van der Waals surface area contributed by atoms with Crippen molar-refractivity contribution in [3.05, 3.63) is 60.4 Å². The fourth-order valence-corrected chi connectivity index (χ4v) is 6.19. The zero-order valence-electron chi connectivity index (χ0n) is 15.1. The van der Waals surface area contributed by atoms with Crippen LogP contribution < -0.4 is 0 Å². The van der Waals surface area contributed by atoms with Gasteiger partial charge in [-0.25, -0.2) is 8.42 Å². The summed E-state index contributed by atoms with van der Waals surface area (Å²) in [5.74, 6) is -0.0825. The maximum atomic E-state index is 13.2. The SMILES string of the molecule is O=C(c1ccccn1)N1CCC2(CCCN2S(=O)(=O)c2ccccc2)CC1. The van der Waals surface area contributed by atoms with E-state index in [-0.39, 0.29) is 11.4 Å². The lowest BCUT2D eigenvalue weighted by Crippen LogP contribution is -2.54. The molecule has 1 amide bonds. The Morgan fingerprint density at radius 3 is 2.30 bits per heavy atom. The fourth-order valence-electron chi connectivity index (χ4n) is 4.29. The molecule has 0 bridgehead atoms. The molecule has 0 unspecified atom stereocenters. The van der Waals surface area contributed by atoms with Crippen LogP contribution in [-0.4, -0.2) is 53.7 Å². The van der Waals surface area contributed by atoms with Gasteiger partial charge in [-0.15, -0.1) is 0 Å². The summed E-state index contributed by atoms with van der Waals surface area (Å²) in [7, 11) is -3.52. The second-order valence-electron chi connectivity index (χ2n) is 7.23. The van der Waals surface area contributed by atoms with Gasteiger partial charge >= 0.3 is 0 Å². The van der Waals surface area contributed by atoms with E-state index < -0.39 is 10.0 Å². The predicted octanol–water partition coefficient (Wildman–Crippen LogP) is 2.54. The van der Waals surface area contributed by atoms with Crippen LogP contribution in [0.1, 0.15) is 36.2 Å². The van der Waals surface area contributed by atoms with Crippen molar-refractivity contribution in [2.45, 2.75) is 36.1 Å². The van der Waals surface area contributed by atoms with Crippen molar-refractivity contribution in [1.29, 1.82) is 0 Å². The van der Waals surface area contributed by atoms with E-state index in [1.807, 2.05) is 6.07 Å². The van der Waals surface area contributed by atoms with Gasteiger partial charge in [0, 0.05) is 31.4 Å². The first kappa shape index (κ1) is 18.1. The van der Waals surface area contributed by atoms with Crippen LogP contribution in [0.25, 0.3) is 0 Å². The van der Waals surface area contributed by atoms with E-state index in [0.29, 0.717) is 43.1 Å². The summed E-state index contributed by atoms with van der Waals surface area (Å²) in [4.78, 5) is 18.9. The van der Waals surface area contributed by atoms with Crippen LogP contribution >= 0.6 is 0 Å². The van der Waals surface area contributed by atoms with Gasteiger partial charge in [-0.2, -0.15) is 4.31 Å². The maximum absolute atomic E-state index is 13.2. The van der Waals surface area contributed by atoms with E-state index in [2.05, 4.69) is 4.98 Å². The molecular weight excluding hydrogens is 362 g/mol. The lowest BCUT2D eigenvalue weighted by atomic mass is 9.86. The van der Waals surface area contributed by atoms with Crippen molar-refractivity contribution < 1.29 is 13.2 Å². The third-order valence-corrected chi connectivity index (χ3v) is 7.75. The molecule has 4 rings (SSSR count). The van der Waals surface area contributed by atoms with Crippen molar-refractivity contribution in [3.63, 3.8) is 0 Å². The standard InChI is InChI=1S/C20H23N3O3S/c24-19(18-9-4-5-13-21-18)22-15-11-20(12-16-22)10-6-14-23(20)27(25,26)17-7-2-1-3-8-17/h1-5,7-9,13H,6,10-12,14-16H2. The van der Waals surface area contributed by atoms with E-state index >= 15 is 0 Å². The topological polar surface area (TPSA) is 70.6 Å². The van der Waals surface area contributed by atoms with Crippen molar-refractivity contribution in [2.24, 2.45) is 0 Å². The van der Waals surface area contributed by atoms with Gasteiger partial charge in [0.2, 0.25) is 10.0 Å². The molecule has 7 heteroatoms. The summed E-state index contributed by atoms with van der Waals surface area (Å²) in [6.07, 6.45) is 4.66. The van der Waals surface area contributed by atoms with Gasteiger partial charge in [-0.1, -0.05) is 24.3 Å². The third-order valence-electron chi connectivity index (χ3n) is 5.73. The molecule has 1 aromatic heterocycles. The normalized spacial score (nSPS) is 20.1. The highest BCUT2D eigenvalue weighted by molar-refractivity contribution is 7.89. The second kappa shape index (κ2) is 7.05. The molecule has 2 aliphatic heterocycles. The third kappa shape index (κ3) is 3.26. The van der Waals surface area contributed by atoms with Crippen LogP contribution in [-0.2, 0) is 10.0 Å². The van der Waals surface area contributed by atoms with E-state index in [1.165, 1.54) is 0 Å². The van der Waals surface area contributed by atoms with Crippen molar-refractivity contribution >= 4 is 15.9 Å². The lowest BCUT2D eigenvalue weighted by molar-refractivity contribution is 0.0581. The molecule has 3 heterocycles. The second-order valence-corrected chi connectivity index (χ2v) is 9.09. The van der Waals surface area contributed by atoms with Gasteiger partial charge in [-0.05, 0) is 49.9 Å². The molecule has 0 atom stereocenters. The van der Waals surface area contributed by atoms with E-state index in [1.54, 1.807) is 57.9 Å². The largest absolute Gasteiger partial charge is 0.337 e. The number of amides is 1. The summed E-state index contributed by atoms with van der Waals surface area (Å²) in [5, 5.41) is 0. The Bertz CT molecular complexity index is 908. The van der Waals surface area contributed by atoms with Crippen molar-refractivity contribution in [1.82, 2.24) is 14.2 Å².